The average molecular weight is 413 g/mol. The average Bonchev–Trinajstić information content (AvgIpc) is 2.67. The number of hydrogen-bond acceptors (Lipinski definition) is 3. The summed E-state index contributed by atoms with van der Waals surface area (Å²) in [6.07, 6.45) is -0.651. The van der Waals surface area contributed by atoms with Crippen LogP contribution < -0.4 is 10.6 Å². The molecule has 1 aliphatic rings. The fourth-order valence-corrected chi connectivity index (χ4v) is 3.49. The van der Waals surface area contributed by atoms with Gasteiger partial charge in [0.15, 0.2) is 0 Å². The number of rotatable bonds is 7. The largest absolute Gasteiger partial charge is 0.416 e. The first-order valence-corrected chi connectivity index (χ1v) is 10.0. The predicted molar refractivity (Wildman–Crippen MR) is 105 cm³/mol. The zero-order valence-corrected chi connectivity index (χ0v) is 17.2. The molecule has 1 fully saturated rings. The highest BCUT2D eigenvalue weighted by Crippen LogP contribution is 2.29. The summed E-state index contributed by atoms with van der Waals surface area (Å²) < 4.78 is 38.2. The van der Waals surface area contributed by atoms with Crippen molar-refractivity contribution in [3.8, 4) is 0 Å². The minimum absolute atomic E-state index is 0.0774. The number of halogens is 3. The van der Waals surface area contributed by atoms with Gasteiger partial charge in [-0.2, -0.15) is 13.2 Å². The third-order valence-electron chi connectivity index (χ3n) is 5.50. The van der Waals surface area contributed by atoms with Crippen molar-refractivity contribution in [2.75, 3.05) is 20.1 Å². The normalized spacial score (nSPS) is 20.0. The number of benzene rings is 1. The first-order chi connectivity index (χ1) is 13.6. The Hall–Kier alpha value is -2.09. The van der Waals surface area contributed by atoms with Gasteiger partial charge < -0.3 is 15.5 Å². The Morgan fingerprint density at radius 3 is 2.41 bits per heavy atom. The minimum Gasteiger partial charge on any atom is -0.352 e. The lowest BCUT2D eigenvalue weighted by molar-refractivity contribution is -0.137. The van der Waals surface area contributed by atoms with Gasteiger partial charge in [0.2, 0.25) is 5.91 Å². The molecule has 2 N–H and O–H groups in total. The Kier molecular flexibility index (Phi) is 8.07. The number of alkyl halides is 3. The van der Waals surface area contributed by atoms with Crippen LogP contribution in [0.2, 0.25) is 0 Å². The molecule has 0 aromatic heterocycles. The Morgan fingerprint density at radius 2 is 1.83 bits per heavy atom. The molecule has 0 unspecified atom stereocenters. The molecule has 5 nitrogen and oxygen atoms in total. The van der Waals surface area contributed by atoms with Gasteiger partial charge in [-0.05, 0) is 70.7 Å². The molecule has 0 spiro atoms. The van der Waals surface area contributed by atoms with Gasteiger partial charge >= 0.3 is 6.18 Å². The molecule has 162 valence electrons. The van der Waals surface area contributed by atoms with Crippen molar-refractivity contribution in [2.45, 2.75) is 57.8 Å². The number of hydrogen-bond donors (Lipinski definition) is 2. The van der Waals surface area contributed by atoms with E-state index in [9.17, 15) is 22.8 Å². The standard InChI is InChI=1S/C21H30F3N3O2/c1-14(2)27(3)13-15-7-9-18(10-8-15)26-19(28)12-25-20(29)16-5-4-6-17(11-16)21(22,23)24/h4-6,11,14-15,18H,7-10,12-13H2,1-3H3,(H,25,29)(H,26,28)/t15-,18-. The van der Waals surface area contributed by atoms with E-state index < -0.39 is 17.6 Å². The van der Waals surface area contributed by atoms with Gasteiger partial charge in [-0.3, -0.25) is 9.59 Å². The van der Waals surface area contributed by atoms with Crippen LogP contribution in [0.15, 0.2) is 24.3 Å². The molecule has 1 aromatic carbocycles. The fourth-order valence-electron chi connectivity index (χ4n) is 3.49. The van der Waals surface area contributed by atoms with Crippen molar-refractivity contribution in [2.24, 2.45) is 5.92 Å². The van der Waals surface area contributed by atoms with Crippen molar-refractivity contribution in [3.63, 3.8) is 0 Å². The van der Waals surface area contributed by atoms with Gasteiger partial charge in [0.1, 0.15) is 0 Å². The highest BCUT2D eigenvalue weighted by atomic mass is 19.4. The van der Waals surface area contributed by atoms with E-state index in [2.05, 4.69) is 36.4 Å². The molecule has 1 saturated carbocycles. The molecular weight excluding hydrogens is 383 g/mol. The molecule has 0 saturated heterocycles. The molecule has 0 aliphatic heterocycles. The summed E-state index contributed by atoms with van der Waals surface area (Å²) >= 11 is 0. The fraction of sp³-hybridized carbons (Fsp3) is 0.619. The molecule has 0 atom stereocenters. The lowest BCUT2D eigenvalue weighted by atomic mass is 9.85. The summed E-state index contributed by atoms with van der Waals surface area (Å²) in [5, 5.41) is 5.30. The van der Waals surface area contributed by atoms with Crippen molar-refractivity contribution < 1.29 is 22.8 Å². The molecule has 0 bridgehead atoms. The quantitative estimate of drug-likeness (QED) is 0.720. The zero-order chi connectivity index (χ0) is 21.6. The van der Waals surface area contributed by atoms with Gasteiger partial charge in [0.25, 0.3) is 5.91 Å². The zero-order valence-electron chi connectivity index (χ0n) is 17.2. The van der Waals surface area contributed by atoms with Crippen molar-refractivity contribution >= 4 is 11.8 Å². The van der Waals surface area contributed by atoms with Crippen LogP contribution in [0.5, 0.6) is 0 Å². The molecule has 2 amide bonds. The molecule has 0 radical (unpaired) electrons. The minimum atomic E-state index is -4.52. The highest BCUT2D eigenvalue weighted by Gasteiger charge is 2.31. The van der Waals surface area contributed by atoms with Gasteiger partial charge in [-0.15, -0.1) is 0 Å². The maximum Gasteiger partial charge on any atom is 0.416 e. The Bertz CT molecular complexity index is 699. The molecule has 2 rings (SSSR count). The van der Waals surface area contributed by atoms with E-state index in [1.165, 1.54) is 12.1 Å². The molecule has 29 heavy (non-hydrogen) atoms. The van der Waals surface area contributed by atoms with E-state index in [4.69, 9.17) is 0 Å². The van der Waals surface area contributed by atoms with Crippen molar-refractivity contribution in [1.29, 1.82) is 0 Å². The Morgan fingerprint density at radius 1 is 1.17 bits per heavy atom. The van der Waals surface area contributed by atoms with Gasteiger partial charge in [-0.1, -0.05) is 6.07 Å². The second-order valence-corrected chi connectivity index (χ2v) is 8.08. The van der Waals surface area contributed by atoms with E-state index in [0.717, 1.165) is 44.4 Å². The van der Waals surface area contributed by atoms with Crippen LogP contribution in [-0.2, 0) is 11.0 Å². The Labute approximate surface area is 170 Å². The summed E-state index contributed by atoms with van der Waals surface area (Å²) in [5.74, 6) is -0.407. The predicted octanol–water partition coefficient (Wildman–Crippen LogP) is 3.45. The lowest BCUT2D eigenvalue weighted by Gasteiger charge is -2.33. The van der Waals surface area contributed by atoms with Crippen LogP contribution in [-0.4, -0.2) is 48.9 Å². The van der Waals surface area contributed by atoms with Gasteiger partial charge in [0, 0.05) is 24.2 Å². The lowest BCUT2D eigenvalue weighted by Crippen LogP contribution is -2.44. The van der Waals surface area contributed by atoms with E-state index in [1.54, 1.807) is 0 Å². The molecule has 1 aromatic rings. The maximum atomic E-state index is 12.7. The van der Waals surface area contributed by atoms with E-state index in [0.29, 0.717) is 12.0 Å². The van der Waals surface area contributed by atoms with Crippen LogP contribution >= 0.6 is 0 Å². The third kappa shape index (κ3) is 7.34. The van der Waals surface area contributed by atoms with Gasteiger partial charge in [-0.25, -0.2) is 0 Å². The SMILES string of the molecule is CC(C)N(C)C[C@H]1CC[C@H](NC(=O)CNC(=O)c2cccc(C(F)(F)F)c2)CC1. The topological polar surface area (TPSA) is 61.4 Å². The highest BCUT2D eigenvalue weighted by molar-refractivity contribution is 5.96. The van der Waals surface area contributed by atoms with E-state index in [1.807, 2.05) is 0 Å². The number of nitrogens with zero attached hydrogens (tertiary/aromatic N) is 1. The monoisotopic (exact) mass is 413 g/mol. The van der Waals surface area contributed by atoms with Crippen LogP contribution in [0, 0.1) is 5.92 Å². The maximum absolute atomic E-state index is 12.7. The number of carbonyl (C=O) groups excluding carboxylic acids is 2. The number of nitrogens with one attached hydrogen (secondary N) is 2. The second kappa shape index (κ2) is 10.1. The first-order valence-electron chi connectivity index (χ1n) is 10.0. The number of carbonyl (C=O) groups is 2. The third-order valence-corrected chi connectivity index (χ3v) is 5.50. The summed E-state index contributed by atoms with van der Waals surface area (Å²) in [5.41, 5.74) is -1.02. The number of amides is 2. The second-order valence-electron chi connectivity index (χ2n) is 8.08. The summed E-state index contributed by atoms with van der Waals surface area (Å²) in [6.45, 7) is 5.12. The summed E-state index contributed by atoms with van der Waals surface area (Å²) in [4.78, 5) is 26.5. The smallest absolute Gasteiger partial charge is 0.352 e. The molecule has 0 heterocycles. The van der Waals surface area contributed by atoms with Crippen molar-refractivity contribution in [1.82, 2.24) is 15.5 Å². The van der Waals surface area contributed by atoms with Gasteiger partial charge in [0.05, 0.1) is 12.1 Å². The van der Waals surface area contributed by atoms with Crippen LogP contribution in [0.3, 0.4) is 0 Å². The summed E-state index contributed by atoms with van der Waals surface area (Å²) in [6, 6.07) is 4.73. The van der Waals surface area contributed by atoms with Crippen molar-refractivity contribution in [3.05, 3.63) is 35.4 Å². The summed E-state index contributed by atoms with van der Waals surface area (Å²) in [7, 11) is 2.12. The molecular formula is C21H30F3N3O2. The Balaban J connectivity index is 1.74. The van der Waals surface area contributed by atoms with E-state index in [-0.39, 0.29) is 24.1 Å². The van der Waals surface area contributed by atoms with Crippen LogP contribution in [0.4, 0.5) is 13.2 Å². The van der Waals surface area contributed by atoms with Crippen LogP contribution in [0.1, 0.15) is 55.5 Å². The van der Waals surface area contributed by atoms with Crippen LogP contribution in [0.25, 0.3) is 0 Å². The molecule has 8 heteroatoms. The first kappa shape index (κ1) is 23.2. The molecule has 1 aliphatic carbocycles. The van der Waals surface area contributed by atoms with E-state index >= 15 is 0 Å².